The van der Waals surface area contributed by atoms with Gasteiger partial charge in [-0.15, -0.1) is 0 Å². The first-order chi connectivity index (χ1) is 18.7. The highest BCUT2D eigenvalue weighted by Gasteiger charge is 2.51. The zero-order chi connectivity index (χ0) is 27.4. The molecule has 0 radical (unpaired) electrons. The van der Waals surface area contributed by atoms with Crippen LogP contribution in [0.3, 0.4) is 0 Å². The van der Waals surface area contributed by atoms with Crippen molar-refractivity contribution in [2.24, 2.45) is 5.41 Å². The van der Waals surface area contributed by atoms with Crippen LogP contribution < -0.4 is 0 Å². The fraction of sp³-hybridized carbons (Fsp3) is 0.250. The highest BCUT2D eigenvalue weighted by atomic mass is 32.2. The molecule has 7 heteroatoms. The monoisotopic (exact) mass is 540 g/mol. The third-order valence-corrected chi connectivity index (χ3v) is 10.4. The van der Waals surface area contributed by atoms with Gasteiger partial charge in [-0.05, 0) is 111 Å². The van der Waals surface area contributed by atoms with Gasteiger partial charge in [0, 0.05) is 23.8 Å². The van der Waals surface area contributed by atoms with E-state index in [2.05, 4.69) is 4.98 Å². The Morgan fingerprint density at radius 3 is 2.46 bits per heavy atom. The Kier molecular flexibility index (Phi) is 6.14. The van der Waals surface area contributed by atoms with E-state index in [1.54, 1.807) is 36.5 Å². The molecule has 2 heterocycles. The lowest BCUT2D eigenvalue weighted by atomic mass is 9.61. The Morgan fingerprint density at radius 1 is 1.00 bits per heavy atom. The van der Waals surface area contributed by atoms with Crippen LogP contribution in [-0.2, 0) is 16.3 Å². The van der Waals surface area contributed by atoms with Gasteiger partial charge in [-0.25, -0.2) is 12.8 Å². The molecule has 0 amide bonds. The molecule has 4 aromatic rings. The van der Waals surface area contributed by atoms with Crippen molar-refractivity contribution in [1.82, 2.24) is 9.55 Å². The summed E-state index contributed by atoms with van der Waals surface area (Å²) >= 11 is 0. The number of rotatable bonds is 5. The molecule has 0 aliphatic heterocycles. The minimum atomic E-state index is -3.65. The van der Waals surface area contributed by atoms with Crippen LogP contribution in [0, 0.1) is 25.1 Å². The molecule has 1 saturated carbocycles. The minimum absolute atomic E-state index is 0.138. The van der Waals surface area contributed by atoms with Crippen molar-refractivity contribution in [1.29, 1.82) is 0 Å². The van der Waals surface area contributed by atoms with Crippen molar-refractivity contribution in [2.75, 3.05) is 0 Å². The lowest BCUT2D eigenvalue weighted by Crippen LogP contribution is -2.45. The second kappa shape index (κ2) is 9.42. The molecule has 2 aliphatic rings. The molecule has 2 atom stereocenters. The molecule has 0 unspecified atom stereocenters. The number of pyridine rings is 1. The number of Topliss-reactive ketones (excluding diaryl/α,β-unsaturated/α-hetero) is 1. The molecular formula is C32H29FN2O3S. The van der Waals surface area contributed by atoms with Gasteiger partial charge in [0.15, 0.2) is 15.6 Å². The van der Waals surface area contributed by atoms with E-state index in [9.17, 15) is 17.6 Å². The molecule has 0 spiro atoms. The number of benzene rings is 2. The van der Waals surface area contributed by atoms with Crippen LogP contribution in [0.15, 0.2) is 89.6 Å². The average molecular weight is 541 g/mol. The molecule has 39 heavy (non-hydrogen) atoms. The molecule has 0 N–H and O–H groups in total. The summed E-state index contributed by atoms with van der Waals surface area (Å²) in [5.41, 5.74) is 4.92. The molecule has 2 aliphatic carbocycles. The molecule has 2 aromatic carbocycles. The number of carbonyl (C=O) groups excluding carboxylic acids is 1. The number of halogens is 1. The second-order valence-corrected chi connectivity index (χ2v) is 13.0. The summed E-state index contributed by atoms with van der Waals surface area (Å²) in [6.45, 7) is 3.84. The summed E-state index contributed by atoms with van der Waals surface area (Å²) in [5.74, 6) is -0.442. The molecule has 5 nitrogen and oxygen atoms in total. The Balaban J connectivity index is 1.46. The van der Waals surface area contributed by atoms with Gasteiger partial charge < -0.3 is 4.57 Å². The quantitative estimate of drug-likeness (QED) is 0.272. The number of carbonyl (C=O) groups is 1. The Hall–Kier alpha value is -3.84. The Labute approximate surface area is 228 Å². The second-order valence-electron chi connectivity index (χ2n) is 10.8. The van der Waals surface area contributed by atoms with Crippen molar-refractivity contribution in [3.05, 3.63) is 119 Å². The zero-order valence-electron chi connectivity index (χ0n) is 21.9. The van der Waals surface area contributed by atoms with Gasteiger partial charge in [0.05, 0.1) is 15.6 Å². The van der Waals surface area contributed by atoms with E-state index in [-0.39, 0.29) is 18.0 Å². The topological polar surface area (TPSA) is 69.0 Å². The Morgan fingerprint density at radius 2 is 1.74 bits per heavy atom. The van der Waals surface area contributed by atoms with E-state index in [1.807, 2.05) is 55.0 Å². The van der Waals surface area contributed by atoms with Crippen molar-refractivity contribution < 1.29 is 17.6 Å². The fourth-order valence-electron chi connectivity index (χ4n) is 6.10. The van der Waals surface area contributed by atoms with E-state index in [0.717, 1.165) is 33.6 Å². The van der Waals surface area contributed by atoms with Gasteiger partial charge in [-0.3, -0.25) is 9.78 Å². The Bertz CT molecular complexity index is 1720. The third kappa shape index (κ3) is 4.35. The van der Waals surface area contributed by atoms with Crippen LogP contribution >= 0.6 is 0 Å². The zero-order valence-corrected chi connectivity index (χ0v) is 22.7. The van der Waals surface area contributed by atoms with Crippen LogP contribution in [0.25, 0.3) is 11.8 Å². The van der Waals surface area contributed by atoms with E-state index in [4.69, 9.17) is 0 Å². The highest BCUT2D eigenvalue weighted by molar-refractivity contribution is 7.92. The van der Waals surface area contributed by atoms with Gasteiger partial charge in [-0.2, -0.15) is 0 Å². The van der Waals surface area contributed by atoms with Crippen molar-refractivity contribution in [2.45, 2.75) is 49.7 Å². The summed E-state index contributed by atoms with van der Waals surface area (Å²) in [6, 6.07) is 18.8. The average Bonchev–Trinajstić information content (AvgIpc) is 3.34. The largest absolute Gasteiger partial charge is 0.317 e. The normalized spacial score (nSPS) is 20.6. The minimum Gasteiger partial charge on any atom is -0.317 e. The number of nitrogens with zero attached hydrogens (tertiary/aromatic N) is 2. The van der Waals surface area contributed by atoms with E-state index < -0.39 is 20.5 Å². The van der Waals surface area contributed by atoms with Crippen molar-refractivity contribution in [3.63, 3.8) is 0 Å². The fourth-order valence-corrected chi connectivity index (χ4v) is 7.93. The summed E-state index contributed by atoms with van der Waals surface area (Å²) in [5, 5.41) is -0.688. The van der Waals surface area contributed by atoms with Gasteiger partial charge in [0.25, 0.3) is 0 Å². The van der Waals surface area contributed by atoms with Gasteiger partial charge >= 0.3 is 0 Å². The predicted octanol–water partition coefficient (Wildman–Crippen LogP) is 6.46. The standard InChI is InChI=1S/C32H29FN2O3S/c1-21-3-10-27(11-4-21)39(37,38)28-12-5-24-18-30-23(14-16-35(30)26-8-6-25(33)7-9-26)19-32(24,20-28)31(36)29-17-22(2)13-15-34-29/h3-4,6-11,13-18,28H,5,12,19-20H2,1-2H3/t28-,32-/m0/s1. The molecular weight excluding hydrogens is 511 g/mol. The number of hydrogen-bond donors (Lipinski definition) is 0. The molecule has 6 rings (SSSR count). The molecule has 2 aromatic heterocycles. The van der Waals surface area contributed by atoms with Crippen LogP contribution in [0.2, 0.25) is 0 Å². The highest BCUT2D eigenvalue weighted by Crippen LogP contribution is 2.52. The maximum atomic E-state index is 14.3. The van der Waals surface area contributed by atoms with Gasteiger partial charge in [0.2, 0.25) is 0 Å². The number of allylic oxidation sites excluding steroid dienone is 1. The molecule has 0 bridgehead atoms. The van der Waals surface area contributed by atoms with Crippen molar-refractivity contribution in [3.8, 4) is 5.69 Å². The summed E-state index contributed by atoms with van der Waals surface area (Å²) in [6.07, 6.45) is 7.11. The van der Waals surface area contributed by atoms with Crippen LogP contribution in [0.5, 0.6) is 0 Å². The SMILES string of the molecule is Cc1ccc(S(=O)(=O)[C@H]2CCC3=Cc4c(ccn4-c4ccc(F)cc4)C[C@]3(C(=O)c3cc(C)ccn3)C2)cc1. The van der Waals surface area contributed by atoms with Crippen molar-refractivity contribution >= 4 is 21.7 Å². The number of aromatic nitrogens is 2. The maximum Gasteiger partial charge on any atom is 0.191 e. The number of ketones is 1. The number of fused-ring (bicyclic) bond motifs is 2. The third-order valence-electron chi connectivity index (χ3n) is 8.22. The number of sulfone groups is 1. The van der Waals surface area contributed by atoms with Crippen LogP contribution in [-0.4, -0.2) is 29.0 Å². The summed E-state index contributed by atoms with van der Waals surface area (Å²) in [7, 11) is -3.65. The first-order valence-corrected chi connectivity index (χ1v) is 14.7. The smallest absolute Gasteiger partial charge is 0.191 e. The summed E-state index contributed by atoms with van der Waals surface area (Å²) < 4.78 is 43.2. The first kappa shape index (κ1) is 25.4. The van der Waals surface area contributed by atoms with Gasteiger partial charge in [-0.1, -0.05) is 23.3 Å². The lowest BCUT2D eigenvalue weighted by molar-refractivity contribution is 0.0796. The van der Waals surface area contributed by atoms with Crippen LogP contribution in [0.4, 0.5) is 4.39 Å². The number of aryl methyl sites for hydroxylation is 2. The predicted molar refractivity (Wildman–Crippen MR) is 149 cm³/mol. The summed E-state index contributed by atoms with van der Waals surface area (Å²) in [4.78, 5) is 19.0. The molecule has 0 saturated heterocycles. The molecule has 1 fully saturated rings. The van der Waals surface area contributed by atoms with E-state index in [0.29, 0.717) is 29.9 Å². The van der Waals surface area contributed by atoms with Crippen LogP contribution in [0.1, 0.15) is 52.1 Å². The first-order valence-electron chi connectivity index (χ1n) is 13.1. The van der Waals surface area contributed by atoms with E-state index >= 15 is 0 Å². The lowest BCUT2D eigenvalue weighted by Gasteiger charge is -2.43. The maximum absolute atomic E-state index is 14.3. The van der Waals surface area contributed by atoms with E-state index in [1.165, 1.54) is 12.1 Å². The molecule has 198 valence electrons. The van der Waals surface area contributed by atoms with Gasteiger partial charge in [0.1, 0.15) is 11.5 Å². The number of hydrogen-bond acceptors (Lipinski definition) is 4.